The van der Waals surface area contributed by atoms with Crippen LogP contribution in [0.2, 0.25) is 0 Å². The minimum absolute atomic E-state index is 0.112. The highest BCUT2D eigenvalue weighted by Crippen LogP contribution is 2.40. The van der Waals surface area contributed by atoms with Gasteiger partial charge in [-0.25, -0.2) is 4.79 Å². The van der Waals surface area contributed by atoms with E-state index in [1.165, 1.54) is 0 Å². The number of ether oxygens (including phenoxy) is 1. The number of carbonyl (C=O) groups is 1. The minimum atomic E-state index is -0.518. The lowest BCUT2D eigenvalue weighted by molar-refractivity contribution is -0.00990. The average molecular weight is 279 g/mol. The maximum atomic E-state index is 12.5. The van der Waals surface area contributed by atoms with E-state index in [4.69, 9.17) is 4.74 Å². The van der Waals surface area contributed by atoms with Gasteiger partial charge in [-0.3, -0.25) is 14.8 Å². The third-order valence-electron chi connectivity index (χ3n) is 4.02. The van der Waals surface area contributed by atoms with E-state index in [0.29, 0.717) is 12.0 Å². The van der Waals surface area contributed by atoms with Crippen molar-refractivity contribution in [2.24, 2.45) is 0 Å². The topological polar surface area (TPSA) is 78.2 Å². The Kier molecular flexibility index (Phi) is 2.92. The van der Waals surface area contributed by atoms with Gasteiger partial charge < -0.3 is 9.84 Å². The predicted molar refractivity (Wildman–Crippen MR) is 73.6 cm³/mol. The summed E-state index contributed by atoms with van der Waals surface area (Å²) in [6, 6.07) is -0.0232. The van der Waals surface area contributed by atoms with Crippen molar-refractivity contribution in [3.63, 3.8) is 0 Å². The Morgan fingerprint density at radius 3 is 2.75 bits per heavy atom. The van der Waals surface area contributed by atoms with Gasteiger partial charge >= 0.3 is 6.09 Å². The molecule has 2 aliphatic rings. The molecule has 6 heteroatoms. The van der Waals surface area contributed by atoms with Crippen LogP contribution in [0.25, 0.3) is 0 Å². The van der Waals surface area contributed by atoms with E-state index in [1.54, 1.807) is 4.90 Å². The number of aromatic nitrogens is 2. The highest BCUT2D eigenvalue weighted by molar-refractivity contribution is 5.70. The van der Waals surface area contributed by atoms with Gasteiger partial charge in [0.2, 0.25) is 0 Å². The SMILES string of the molecule is CC(C)(C)OC(=O)N1C2CCCC1c1c([nH][nH]c1=O)C2. The second kappa shape index (κ2) is 4.40. The largest absolute Gasteiger partial charge is 0.444 e. The number of fused-ring (bicyclic) bond motifs is 4. The molecule has 3 heterocycles. The Labute approximate surface area is 117 Å². The molecule has 1 saturated heterocycles. The first-order valence-electron chi connectivity index (χ1n) is 7.17. The van der Waals surface area contributed by atoms with Crippen molar-refractivity contribution < 1.29 is 9.53 Å². The molecular weight excluding hydrogens is 258 g/mol. The Balaban J connectivity index is 1.95. The van der Waals surface area contributed by atoms with Crippen LogP contribution >= 0.6 is 0 Å². The smallest absolute Gasteiger partial charge is 0.411 e. The van der Waals surface area contributed by atoms with E-state index in [2.05, 4.69) is 10.2 Å². The van der Waals surface area contributed by atoms with E-state index in [1.807, 2.05) is 20.8 Å². The second-order valence-electron chi connectivity index (χ2n) is 6.66. The normalized spacial score (nSPS) is 25.2. The number of aromatic amines is 2. The first-order valence-corrected chi connectivity index (χ1v) is 7.17. The summed E-state index contributed by atoms with van der Waals surface area (Å²) in [5.41, 5.74) is 1.03. The van der Waals surface area contributed by atoms with Crippen molar-refractivity contribution in [3.05, 3.63) is 21.6 Å². The van der Waals surface area contributed by atoms with Crippen molar-refractivity contribution in [1.82, 2.24) is 15.1 Å². The van der Waals surface area contributed by atoms with Gasteiger partial charge in [0.25, 0.3) is 5.56 Å². The molecule has 0 aliphatic carbocycles. The first kappa shape index (κ1) is 13.3. The van der Waals surface area contributed by atoms with Crippen molar-refractivity contribution in [2.75, 3.05) is 0 Å². The van der Waals surface area contributed by atoms with Crippen LogP contribution in [0.4, 0.5) is 4.79 Å². The van der Waals surface area contributed by atoms with Gasteiger partial charge in [0.15, 0.2) is 0 Å². The van der Waals surface area contributed by atoms with Crippen LogP contribution in [0, 0.1) is 0 Å². The molecule has 20 heavy (non-hydrogen) atoms. The van der Waals surface area contributed by atoms with Crippen LogP contribution in [0.5, 0.6) is 0 Å². The van der Waals surface area contributed by atoms with Crippen molar-refractivity contribution >= 4 is 6.09 Å². The summed E-state index contributed by atoms with van der Waals surface area (Å²) in [7, 11) is 0. The molecule has 3 rings (SSSR count). The van der Waals surface area contributed by atoms with E-state index >= 15 is 0 Å². The number of piperidine rings is 1. The Morgan fingerprint density at radius 1 is 1.30 bits per heavy atom. The van der Waals surface area contributed by atoms with Crippen LogP contribution in [-0.4, -0.2) is 32.8 Å². The number of rotatable bonds is 0. The number of carbonyl (C=O) groups excluding carboxylic acids is 1. The molecule has 110 valence electrons. The first-order chi connectivity index (χ1) is 9.37. The molecule has 0 radical (unpaired) electrons. The molecular formula is C14H21N3O3. The molecule has 0 saturated carbocycles. The van der Waals surface area contributed by atoms with Crippen LogP contribution < -0.4 is 5.56 Å². The summed E-state index contributed by atoms with van der Waals surface area (Å²) in [6.07, 6.45) is 3.22. The van der Waals surface area contributed by atoms with Crippen molar-refractivity contribution in [1.29, 1.82) is 0 Å². The van der Waals surface area contributed by atoms with Gasteiger partial charge in [0.05, 0.1) is 11.6 Å². The lowest BCUT2D eigenvalue weighted by atomic mass is 9.83. The fourth-order valence-corrected chi connectivity index (χ4v) is 3.31. The highest BCUT2D eigenvalue weighted by atomic mass is 16.6. The zero-order valence-electron chi connectivity index (χ0n) is 12.2. The number of nitrogens with one attached hydrogen (secondary N) is 2. The minimum Gasteiger partial charge on any atom is -0.444 e. The van der Waals surface area contributed by atoms with Crippen molar-refractivity contribution in [3.8, 4) is 0 Å². The molecule has 0 aromatic carbocycles. The summed E-state index contributed by atoms with van der Waals surface area (Å²) in [6.45, 7) is 5.58. The van der Waals surface area contributed by atoms with E-state index in [-0.39, 0.29) is 23.7 Å². The Bertz CT molecular complexity index is 581. The van der Waals surface area contributed by atoms with E-state index in [0.717, 1.165) is 25.0 Å². The summed E-state index contributed by atoms with van der Waals surface area (Å²) < 4.78 is 5.51. The van der Waals surface area contributed by atoms with Gasteiger partial charge in [-0.05, 0) is 40.0 Å². The lowest BCUT2D eigenvalue weighted by Crippen LogP contribution is -2.52. The maximum absolute atomic E-state index is 12.5. The molecule has 2 atom stereocenters. The number of hydrogen-bond donors (Lipinski definition) is 2. The van der Waals surface area contributed by atoms with Crippen LogP contribution in [0.3, 0.4) is 0 Å². The van der Waals surface area contributed by atoms with E-state index < -0.39 is 5.60 Å². The molecule has 6 nitrogen and oxygen atoms in total. The van der Waals surface area contributed by atoms with Gasteiger partial charge in [0, 0.05) is 18.2 Å². The summed E-state index contributed by atoms with van der Waals surface area (Å²) >= 11 is 0. The van der Waals surface area contributed by atoms with Crippen LogP contribution in [0.1, 0.15) is 57.3 Å². The Hall–Kier alpha value is -1.72. The zero-order valence-corrected chi connectivity index (χ0v) is 12.2. The molecule has 2 aliphatic heterocycles. The fourth-order valence-electron chi connectivity index (χ4n) is 3.31. The van der Waals surface area contributed by atoms with Crippen LogP contribution in [0.15, 0.2) is 4.79 Å². The van der Waals surface area contributed by atoms with Gasteiger partial charge in [-0.1, -0.05) is 0 Å². The zero-order chi connectivity index (χ0) is 14.5. The maximum Gasteiger partial charge on any atom is 0.411 e. The highest BCUT2D eigenvalue weighted by Gasteiger charge is 2.43. The van der Waals surface area contributed by atoms with Gasteiger partial charge in [-0.15, -0.1) is 0 Å². The monoisotopic (exact) mass is 279 g/mol. The fraction of sp³-hybridized carbons (Fsp3) is 0.714. The second-order valence-corrected chi connectivity index (χ2v) is 6.66. The summed E-state index contributed by atoms with van der Waals surface area (Å²) in [4.78, 5) is 26.2. The third-order valence-corrected chi connectivity index (χ3v) is 4.02. The van der Waals surface area contributed by atoms with Gasteiger partial charge in [0.1, 0.15) is 5.60 Å². The Morgan fingerprint density at radius 2 is 2.05 bits per heavy atom. The molecule has 1 aromatic rings. The summed E-state index contributed by atoms with van der Waals surface area (Å²) in [5.74, 6) is 0. The molecule has 0 spiro atoms. The number of nitrogens with zero attached hydrogens (tertiary/aromatic N) is 1. The molecule has 1 fully saturated rings. The average Bonchev–Trinajstić information content (AvgIpc) is 2.67. The van der Waals surface area contributed by atoms with Gasteiger partial charge in [-0.2, -0.15) is 0 Å². The predicted octanol–water partition coefficient (Wildman–Crippen LogP) is 2.09. The number of hydrogen-bond acceptors (Lipinski definition) is 3. The number of H-pyrrole nitrogens is 2. The summed E-state index contributed by atoms with van der Waals surface area (Å²) in [5, 5.41) is 5.59. The molecule has 2 N–H and O–H groups in total. The molecule has 1 amide bonds. The third kappa shape index (κ3) is 2.13. The van der Waals surface area contributed by atoms with Crippen molar-refractivity contribution in [2.45, 2.75) is 64.1 Å². The quantitative estimate of drug-likeness (QED) is 0.763. The lowest BCUT2D eigenvalue weighted by Gasteiger charge is -2.45. The standard InChI is InChI=1S/C14H21N3O3/c1-14(2,3)20-13(19)17-8-5-4-6-10(17)11-9(7-8)15-16-12(11)18/h8,10H,4-7H2,1-3H3,(H2,15,16,18). The molecule has 1 aromatic heterocycles. The van der Waals surface area contributed by atoms with Crippen LogP contribution in [-0.2, 0) is 11.2 Å². The molecule has 2 bridgehead atoms. The molecule has 2 unspecified atom stereocenters. The van der Waals surface area contributed by atoms with E-state index in [9.17, 15) is 9.59 Å². The number of amides is 1.